The number of rotatable bonds is 5. The van der Waals surface area contributed by atoms with Crippen LogP contribution in [-0.2, 0) is 19.7 Å². The summed E-state index contributed by atoms with van der Waals surface area (Å²) in [6.45, 7) is 7.10. The molecule has 4 atom stereocenters. The molecule has 0 radical (unpaired) electrons. The van der Waals surface area contributed by atoms with E-state index in [0.717, 1.165) is 19.3 Å². The van der Waals surface area contributed by atoms with Crippen molar-refractivity contribution < 1.29 is 17.9 Å². The summed E-state index contributed by atoms with van der Waals surface area (Å²) in [6, 6.07) is -0.00767. The first-order chi connectivity index (χ1) is 10.8. The maximum atomic E-state index is 12.7. The molecule has 1 saturated heterocycles. The minimum absolute atomic E-state index is 0.00767. The summed E-state index contributed by atoms with van der Waals surface area (Å²) in [4.78, 5) is 11.9. The number of carbonyl (C=O) groups excluding carboxylic acids is 1. The van der Waals surface area contributed by atoms with Crippen molar-refractivity contribution in [2.24, 2.45) is 17.8 Å². The summed E-state index contributed by atoms with van der Waals surface area (Å²) >= 11 is 0. The van der Waals surface area contributed by atoms with Crippen molar-refractivity contribution in [2.45, 2.75) is 58.9 Å². The molecule has 0 aromatic rings. The highest BCUT2D eigenvalue weighted by molar-refractivity contribution is 7.87. The Morgan fingerprint density at radius 2 is 1.96 bits per heavy atom. The first kappa shape index (κ1) is 18.7. The largest absolute Gasteiger partial charge is 0.466 e. The van der Waals surface area contributed by atoms with E-state index >= 15 is 0 Å². The summed E-state index contributed by atoms with van der Waals surface area (Å²) in [6.07, 6.45) is 4.50. The highest BCUT2D eigenvalue weighted by Crippen LogP contribution is 2.30. The predicted octanol–water partition coefficient (Wildman–Crippen LogP) is 1.92. The van der Waals surface area contributed by atoms with E-state index in [4.69, 9.17) is 4.74 Å². The third-order valence-corrected chi connectivity index (χ3v) is 6.96. The Morgan fingerprint density at radius 1 is 1.22 bits per heavy atom. The van der Waals surface area contributed by atoms with Crippen LogP contribution in [0.15, 0.2) is 0 Å². The average Bonchev–Trinajstić information content (AvgIpc) is 2.52. The van der Waals surface area contributed by atoms with Gasteiger partial charge in [0.25, 0.3) is 10.2 Å². The van der Waals surface area contributed by atoms with Crippen LogP contribution >= 0.6 is 0 Å². The van der Waals surface area contributed by atoms with Gasteiger partial charge in [0.2, 0.25) is 0 Å². The molecule has 1 aliphatic heterocycles. The molecule has 0 unspecified atom stereocenters. The monoisotopic (exact) mass is 346 g/mol. The molecule has 1 heterocycles. The fraction of sp³-hybridized carbons (Fsp3) is 0.938. The molecule has 2 aliphatic rings. The highest BCUT2D eigenvalue weighted by atomic mass is 32.2. The van der Waals surface area contributed by atoms with Crippen LogP contribution in [0.1, 0.15) is 52.9 Å². The molecule has 1 N–H and O–H groups in total. The van der Waals surface area contributed by atoms with Gasteiger partial charge in [0.05, 0.1) is 12.5 Å². The first-order valence-electron chi connectivity index (χ1n) is 8.79. The Balaban J connectivity index is 1.99. The maximum absolute atomic E-state index is 12.7. The standard InChI is InChI=1S/C16H30N2O4S/c1-4-22-16(19)14-8-6-10-18(11-14)23(20,21)17-15-9-5-7-12(2)13(15)3/h12-15,17H,4-11H2,1-3H3/t12-,13+,14+,15+/m0/s1. The molecular weight excluding hydrogens is 316 g/mol. The second-order valence-electron chi connectivity index (χ2n) is 6.95. The SMILES string of the molecule is CCOC(=O)[C@@H]1CCCN(S(=O)(=O)N[C@@H]2CCC[C@H](C)[C@H]2C)C1. The van der Waals surface area contributed by atoms with Gasteiger partial charge in [-0.3, -0.25) is 4.79 Å². The molecule has 0 spiro atoms. The lowest BCUT2D eigenvalue weighted by molar-refractivity contribution is -0.149. The first-order valence-corrected chi connectivity index (χ1v) is 10.2. The minimum Gasteiger partial charge on any atom is -0.466 e. The summed E-state index contributed by atoms with van der Waals surface area (Å²) in [5.41, 5.74) is 0. The van der Waals surface area contributed by atoms with Crippen molar-refractivity contribution in [3.05, 3.63) is 0 Å². The van der Waals surface area contributed by atoms with Crippen LogP contribution in [0.4, 0.5) is 0 Å². The fourth-order valence-corrected chi connectivity index (χ4v) is 5.24. The Labute approximate surface area is 140 Å². The van der Waals surface area contributed by atoms with E-state index < -0.39 is 10.2 Å². The van der Waals surface area contributed by atoms with E-state index in [2.05, 4.69) is 18.6 Å². The zero-order chi connectivity index (χ0) is 17.0. The third kappa shape index (κ3) is 4.67. The van der Waals surface area contributed by atoms with Gasteiger partial charge in [-0.25, -0.2) is 0 Å². The molecule has 0 bridgehead atoms. The molecule has 2 rings (SSSR count). The second kappa shape index (κ2) is 7.94. The van der Waals surface area contributed by atoms with Crippen LogP contribution < -0.4 is 4.72 Å². The lowest BCUT2D eigenvalue weighted by atomic mass is 9.78. The number of hydrogen-bond acceptors (Lipinski definition) is 4. The van der Waals surface area contributed by atoms with Crippen LogP contribution in [0.5, 0.6) is 0 Å². The van der Waals surface area contributed by atoms with Gasteiger partial charge < -0.3 is 4.74 Å². The molecule has 0 amide bonds. The molecule has 2 fully saturated rings. The van der Waals surface area contributed by atoms with Crippen LogP contribution in [0.3, 0.4) is 0 Å². The summed E-state index contributed by atoms with van der Waals surface area (Å²) in [5.74, 6) is 0.240. The van der Waals surface area contributed by atoms with E-state index in [1.54, 1.807) is 6.92 Å². The van der Waals surface area contributed by atoms with Crippen molar-refractivity contribution in [3.8, 4) is 0 Å². The number of ether oxygens (including phenoxy) is 1. The number of piperidine rings is 1. The average molecular weight is 346 g/mol. The number of carbonyl (C=O) groups is 1. The summed E-state index contributed by atoms with van der Waals surface area (Å²) in [7, 11) is -3.55. The van der Waals surface area contributed by atoms with E-state index in [9.17, 15) is 13.2 Å². The quantitative estimate of drug-likeness (QED) is 0.772. The Bertz CT molecular complexity index is 508. The second-order valence-corrected chi connectivity index (χ2v) is 8.65. The lowest BCUT2D eigenvalue weighted by Crippen LogP contribution is -2.52. The number of nitrogens with zero attached hydrogens (tertiary/aromatic N) is 1. The van der Waals surface area contributed by atoms with Crippen molar-refractivity contribution in [2.75, 3.05) is 19.7 Å². The molecule has 0 aromatic carbocycles. The van der Waals surface area contributed by atoms with Crippen LogP contribution in [0.25, 0.3) is 0 Å². The van der Waals surface area contributed by atoms with Gasteiger partial charge in [0, 0.05) is 19.1 Å². The molecule has 134 valence electrons. The maximum Gasteiger partial charge on any atom is 0.310 e. The Hall–Kier alpha value is -0.660. The van der Waals surface area contributed by atoms with Crippen LogP contribution in [0, 0.1) is 17.8 Å². The zero-order valence-electron chi connectivity index (χ0n) is 14.5. The van der Waals surface area contributed by atoms with Gasteiger partial charge in [0.15, 0.2) is 0 Å². The normalized spacial score (nSPS) is 33.3. The van der Waals surface area contributed by atoms with Gasteiger partial charge in [-0.05, 0) is 38.0 Å². The number of esters is 1. The highest BCUT2D eigenvalue weighted by Gasteiger charge is 2.36. The number of nitrogens with one attached hydrogen (secondary N) is 1. The van der Waals surface area contributed by atoms with Gasteiger partial charge in [-0.15, -0.1) is 0 Å². The molecule has 23 heavy (non-hydrogen) atoms. The van der Waals surface area contributed by atoms with E-state index in [1.165, 1.54) is 4.31 Å². The van der Waals surface area contributed by atoms with Crippen molar-refractivity contribution in [1.82, 2.24) is 9.03 Å². The van der Waals surface area contributed by atoms with E-state index in [-0.39, 0.29) is 24.5 Å². The minimum atomic E-state index is -3.55. The predicted molar refractivity (Wildman–Crippen MR) is 89.0 cm³/mol. The van der Waals surface area contributed by atoms with Crippen LogP contribution in [0.2, 0.25) is 0 Å². The van der Waals surface area contributed by atoms with Gasteiger partial charge in [-0.2, -0.15) is 17.4 Å². The summed E-state index contributed by atoms with van der Waals surface area (Å²) < 4.78 is 34.7. The molecular formula is C16H30N2O4S. The molecule has 0 aromatic heterocycles. The van der Waals surface area contributed by atoms with Crippen molar-refractivity contribution in [1.29, 1.82) is 0 Å². The zero-order valence-corrected chi connectivity index (χ0v) is 15.3. The van der Waals surface area contributed by atoms with Gasteiger partial charge in [-0.1, -0.05) is 26.7 Å². The number of hydrogen-bond donors (Lipinski definition) is 1. The van der Waals surface area contributed by atoms with Crippen molar-refractivity contribution in [3.63, 3.8) is 0 Å². The van der Waals surface area contributed by atoms with E-state index in [1.807, 2.05) is 0 Å². The lowest BCUT2D eigenvalue weighted by Gasteiger charge is -2.37. The topological polar surface area (TPSA) is 75.7 Å². The van der Waals surface area contributed by atoms with E-state index in [0.29, 0.717) is 37.8 Å². The van der Waals surface area contributed by atoms with Crippen molar-refractivity contribution >= 4 is 16.2 Å². The Kier molecular flexibility index (Phi) is 6.45. The van der Waals surface area contributed by atoms with Gasteiger partial charge >= 0.3 is 5.97 Å². The molecule has 7 heteroatoms. The fourth-order valence-electron chi connectivity index (χ4n) is 3.63. The Morgan fingerprint density at radius 3 is 2.65 bits per heavy atom. The smallest absolute Gasteiger partial charge is 0.310 e. The van der Waals surface area contributed by atoms with Gasteiger partial charge in [0.1, 0.15) is 0 Å². The molecule has 1 aliphatic carbocycles. The summed E-state index contributed by atoms with van der Waals surface area (Å²) in [5, 5.41) is 0. The molecule has 1 saturated carbocycles. The van der Waals surface area contributed by atoms with Crippen LogP contribution in [-0.4, -0.2) is 44.4 Å². The molecule has 6 nitrogen and oxygen atoms in total. The third-order valence-electron chi connectivity index (χ3n) is 5.35.